The van der Waals surface area contributed by atoms with Crippen molar-refractivity contribution in [3.63, 3.8) is 0 Å². The quantitative estimate of drug-likeness (QED) is 0.836. The molecular weight excluding hydrogens is 342 g/mol. The highest BCUT2D eigenvalue weighted by molar-refractivity contribution is 9.11. The molecule has 2 aromatic rings. The van der Waals surface area contributed by atoms with Crippen LogP contribution in [-0.2, 0) is 5.60 Å². The monoisotopic (exact) mass is 359 g/mol. The normalized spacial score (nSPS) is 22.9. The highest BCUT2D eigenvalue weighted by atomic mass is 79.9. The molecule has 0 fully saturated rings. The molecule has 1 aromatic carbocycles. The van der Waals surface area contributed by atoms with E-state index in [-0.39, 0.29) is 0 Å². The summed E-state index contributed by atoms with van der Waals surface area (Å²) in [6.45, 7) is 4.68. The summed E-state index contributed by atoms with van der Waals surface area (Å²) in [4.78, 5) is 6.07. The Kier molecular flexibility index (Phi) is 3.64. The molecule has 1 aromatic heterocycles. The summed E-state index contributed by atoms with van der Waals surface area (Å²) in [7, 11) is -1.80. The molecule has 1 N–H and O–H groups in total. The third-order valence-electron chi connectivity index (χ3n) is 4.49. The van der Waals surface area contributed by atoms with E-state index in [0.717, 1.165) is 11.1 Å². The summed E-state index contributed by atoms with van der Waals surface area (Å²) in [6.07, 6.45) is 6.16. The van der Waals surface area contributed by atoms with Gasteiger partial charge < -0.3 is 5.11 Å². The van der Waals surface area contributed by atoms with Gasteiger partial charge in [-0.3, -0.25) is 4.98 Å². The van der Waals surface area contributed by atoms with Crippen molar-refractivity contribution in [3.05, 3.63) is 64.9 Å². The van der Waals surface area contributed by atoms with Crippen molar-refractivity contribution >= 4 is 34.4 Å². The Morgan fingerprint density at radius 3 is 2.67 bits per heavy atom. The Morgan fingerprint density at radius 1 is 1.19 bits per heavy atom. The number of rotatable bonds is 2. The fourth-order valence-corrected chi connectivity index (χ4v) is 6.77. The summed E-state index contributed by atoms with van der Waals surface area (Å²) >= 11 is 3.30. The first-order valence-corrected chi connectivity index (χ1v) is 11.0. The zero-order valence-electron chi connectivity index (χ0n) is 12.2. The number of pyridine rings is 1. The van der Waals surface area contributed by atoms with E-state index in [9.17, 15) is 5.11 Å². The van der Waals surface area contributed by atoms with Gasteiger partial charge in [0.2, 0.25) is 0 Å². The van der Waals surface area contributed by atoms with Gasteiger partial charge in [-0.1, -0.05) is 59.4 Å². The fraction of sp³-hybridized carbons (Fsp3) is 0.235. The average Bonchev–Trinajstić information content (AvgIpc) is 2.52. The highest BCUT2D eigenvalue weighted by Crippen LogP contribution is 2.36. The molecule has 0 radical (unpaired) electrons. The third kappa shape index (κ3) is 2.13. The summed E-state index contributed by atoms with van der Waals surface area (Å²) in [5, 5.41) is 14.0. The number of nitrogens with zero attached hydrogens (tertiary/aromatic N) is 1. The smallest absolute Gasteiger partial charge is 0.119 e. The zero-order valence-corrected chi connectivity index (χ0v) is 14.8. The van der Waals surface area contributed by atoms with Crippen LogP contribution in [0.25, 0.3) is 0 Å². The van der Waals surface area contributed by atoms with E-state index in [1.807, 2.05) is 24.5 Å². The first-order chi connectivity index (χ1) is 10.0. The molecule has 1 aliphatic rings. The van der Waals surface area contributed by atoms with Gasteiger partial charge in [-0.05, 0) is 27.0 Å². The van der Waals surface area contributed by atoms with Crippen LogP contribution >= 0.6 is 15.9 Å². The number of halogens is 1. The number of aromatic nitrogens is 1. The topological polar surface area (TPSA) is 33.1 Å². The van der Waals surface area contributed by atoms with Crippen LogP contribution < -0.4 is 10.4 Å². The average molecular weight is 360 g/mol. The lowest BCUT2D eigenvalue weighted by atomic mass is 9.84. The standard InChI is InChI=1S/C17H18BrNOSi/c1-21(2)15-7-4-3-6-13(15)17(20,9-5-10-18)14-12-19-11-8-16(14)21/h3-8,10-12,20H,9H2,1-2H3. The lowest BCUT2D eigenvalue weighted by Gasteiger charge is -2.42. The van der Waals surface area contributed by atoms with Crippen molar-refractivity contribution in [1.29, 1.82) is 0 Å². The Balaban J connectivity index is 2.33. The van der Waals surface area contributed by atoms with Crippen molar-refractivity contribution in [2.45, 2.75) is 25.1 Å². The molecule has 3 rings (SSSR count). The van der Waals surface area contributed by atoms with Gasteiger partial charge in [0.15, 0.2) is 0 Å². The van der Waals surface area contributed by atoms with Crippen molar-refractivity contribution < 1.29 is 5.11 Å². The molecule has 0 saturated heterocycles. The summed E-state index contributed by atoms with van der Waals surface area (Å²) in [6, 6.07) is 10.4. The van der Waals surface area contributed by atoms with Crippen LogP contribution in [0, 0.1) is 0 Å². The molecule has 1 atom stereocenters. The Labute approximate surface area is 134 Å². The second kappa shape index (κ2) is 5.20. The van der Waals surface area contributed by atoms with Crippen molar-refractivity contribution in [3.8, 4) is 0 Å². The summed E-state index contributed by atoms with van der Waals surface area (Å²) in [5.74, 6) is 0. The largest absolute Gasteiger partial charge is 0.380 e. The number of benzene rings is 1. The lowest BCUT2D eigenvalue weighted by Crippen LogP contribution is -2.63. The minimum atomic E-state index is -1.80. The van der Waals surface area contributed by atoms with E-state index in [1.54, 1.807) is 4.99 Å². The van der Waals surface area contributed by atoms with Crippen LogP contribution in [0.3, 0.4) is 0 Å². The van der Waals surface area contributed by atoms with Crippen molar-refractivity contribution in [2.75, 3.05) is 0 Å². The number of hydrogen-bond acceptors (Lipinski definition) is 2. The second-order valence-electron chi connectivity index (χ2n) is 6.02. The Bertz CT molecular complexity index is 662. The van der Waals surface area contributed by atoms with Crippen LogP contribution in [-0.4, -0.2) is 18.2 Å². The van der Waals surface area contributed by atoms with E-state index < -0.39 is 13.7 Å². The van der Waals surface area contributed by atoms with Crippen LogP contribution in [0.5, 0.6) is 0 Å². The predicted molar refractivity (Wildman–Crippen MR) is 93.1 cm³/mol. The SMILES string of the molecule is C[Si]1(C)c2ccccc2C(O)(CC=CBr)c2cnccc21. The van der Waals surface area contributed by atoms with Gasteiger partial charge in [0, 0.05) is 24.4 Å². The molecule has 2 heterocycles. The molecule has 1 aliphatic heterocycles. The van der Waals surface area contributed by atoms with Gasteiger partial charge in [-0.2, -0.15) is 0 Å². The van der Waals surface area contributed by atoms with E-state index in [4.69, 9.17) is 0 Å². The Hall–Kier alpha value is -1.23. The highest BCUT2D eigenvalue weighted by Gasteiger charge is 2.45. The fourth-order valence-electron chi connectivity index (χ4n) is 3.38. The van der Waals surface area contributed by atoms with E-state index in [2.05, 4.69) is 58.3 Å². The summed E-state index contributed by atoms with van der Waals surface area (Å²) < 4.78 is 0. The van der Waals surface area contributed by atoms with Gasteiger partial charge in [-0.25, -0.2) is 0 Å². The first-order valence-electron chi connectivity index (χ1n) is 7.04. The van der Waals surface area contributed by atoms with Gasteiger partial charge >= 0.3 is 0 Å². The molecule has 0 saturated carbocycles. The second-order valence-corrected chi connectivity index (χ2v) is 10.9. The van der Waals surface area contributed by atoms with E-state index >= 15 is 0 Å². The first kappa shape index (κ1) is 14.7. The van der Waals surface area contributed by atoms with Gasteiger partial charge in [0.1, 0.15) is 13.7 Å². The third-order valence-corrected chi connectivity index (χ3v) is 8.43. The predicted octanol–water partition coefficient (Wildman–Crippen LogP) is 2.75. The molecule has 21 heavy (non-hydrogen) atoms. The van der Waals surface area contributed by atoms with E-state index in [1.165, 1.54) is 10.4 Å². The van der Waals surface area contributed by atoms with Gasteiger partial charge in [0.25, 0.3) is 0 Å². The maximum absolute atomic E-state index is 11.4. The molecule has 108 valence electrons. The molecule has 2 nitrogen and oxygen atoms in total. The molecule has 4 heteroatoms. The number of aliphatic hydroxyl groups is 1. The van der Waals surface area contributed by atoms with Gasteiger partial charge in [0.05, 0.1) is 0 Å². The van der Waals surface area contributed by atoms with Crippen LogP contribution in [0.15, 0.2) is 53.8 Å². The molecular formula is C17H18BrNOSi. The lowest BCUT2D eigenvalue weighted by molar-refractivity contribution is 0.0851. The maximum Gasteiger partial charge on any atom is 0.119 e. The molecule has 1 unspecified atom stereocenters. The van der Waals surface area contributed by atoms with Crippen LogP contribution in [0.4, 0.5) is 0 Å². The molecule has 0 aliphatic carbocycles. The van der Waals surface area contributed by atoms with Crippen LogP contribution in [0.2, 0.25) is 13.1 Å². The Morgan fingerprint density at radius 2 is 1.90 bits per heavy atom. The minimum Gasteiger partial charge on any atom is -0.380 e. The number of fused-ring (bicyclic) bond motifs is 2. The zero-order chi connectivity index (χ0) is 15.1. The van der Waals surface area contributed by atoms with Gasteiger partial charge in [-0.15, -0.1) is 0 Å². The van der Waals surface area contributed by atoms with Crippen molar-refractivity contribution in [2.24, 2.45) is 0 Å². The minimum absolute atomic E-state index is 0.540. The maximum atomic E-state index is 11.4. The summed E-state index contributed by atoms with van der Waals surface area (Å²) in [5.41, 5.74) is 1.01. The molecule has 0 bridgehead atoms. The molecule has 0 spiro atoms. The van der Waals surface area contributed by atoms with E-state index in [0.29, 0.717) is 6.42 Å². The van der Waals surface area contributed by atoms with Crippen molar-refractivity contribution in [1.82, 2.24) is 4.98 Å². The van der Waals surface area contributed by atoms with Crippen LogP contribution in [0.1, 0.15) is 17.5 Å². The molecule has 0 amide bonds. The number of hydrogen-bond donors (Lipinski definition) is 1.